The van der Waals surface area contributed by atoms with Gasteiger partial charge in [0.15, 0.2) is 0 Å². The van der Waals surface area contributed by atoms with Gasteiger partial charge in [0.1, 0.15) is 11.6 Å². The molecule has 0 aliphatic heterocycles. The van der Waals surface area contributed by atoms with Gasteiger partial charge in [-0.05, 0) is 37.6 Å². The Morgan fingerprint density at radius 3 is 2.53 bits per heavy atom. The maximum atomic E-state index is 14.3. The van der Waals surface area contributed by atoms with Gasteiger partial charge in [0.25, 0.3) is 11.5 Å². The fourth-order valence-corrected chi connectivity index (χ4v) is 3.68. The number of hydrogen-bond acceptors (Lipinski definition) is 4. The summed E-state index contributed by atoms with van der Waals surface area (Å²) in [7, 11) is 1.57. The maximum absolute atomic E-state index is 14.3. The van der Waals surface area contributed by atoms with E-state index in [0.717, 1.165) is 0 Å². The smallest absolute Gasteiger partial charge is 0.261 e. The van der Waals surface area contributed by atoms with E-state index in [0.29, 0.717) is 42.8 Å². The third-order valence-electron chi connectivity index (χ3n) is 5.18. The number of ether oxygens (including phenoxy) is 1. The van der Waals surface area contributed by atoms with Crippen molar-refractivity contribution in [3.63, 3.8) is 0 Å². The van der Waals surface area contributed by atoms with Crippen molar-refractivity contribution >= 4 is 16.8 Å². The Bertz CT molecular complexity index is 1100. The molecule has 0 radical (unpaired) electrons. The number of carbonyl (C=O) groups excluding carboxylic acids is 1. The molecule has 1 amide bonds. The molecule has 158 valence electrons. The van der Waals surface area contributed by atoms with Crippen LogP contribution in [0.15, 0.2) is 53.3 Å². The molecule has 3 aromatic rings. The van der Waals surface area contributed by atoms with Crippen LogP contribution in [0.4, 0.5) is 4.39 Å². The molecule has 0 bridgehead atoms. The molecule has 0 aliphatic rings. The average Bonchev–Trinajstić information content (AvgIpc) is 2.76. The van der Waals surface area contributed by atoms with E-state index in [1.54, 1.807) is 46.9 Å². The van der Waals surface area contributed by atoms with Gasteiger partial charge in [0.2, 0.25) is 0 Å². The molecule has 0 saturated heterocycles. The molecule has 2 aromatic carbocycles. The number of fused-ring (bicyclic) bond motifs is 1. The van der Waals surface area contributed by atoms with E-state index in [-0.39, 0.29) is 11.1 Å². The monoisotopic (exact) mass is 411 g/mol. The number of carbonyl (C=O) groups is 1. The van der Waals surface area contributed by atoms with Crippen molar-refractivity contribution in [3.05, 3.63) is 76.1 Å². The average molecular weight is 411 g/mol. The minimum Gasteiger partial charge on any atom is -0.383 e. The van der Waals surface area contributed by atoms with Gasteiger partial charge in [-0.1, -0.05) is 31.2 Å². The lowest BCUT2D eigenvalue weighted by Gasteiger charge is -2.31. The third kappa shape index (κ3) is 4.11. The van der Waals surface area contributed by atoms with Gasteiger partial charge in [-0.15, -0.1) is 0 Å². The van der Waals surface area contributed by atoms with Gasteiger partial charge in [-0.3, -0.25) is 14.2 Å². The molecule has 0 spiro atoms. The van der Waals surface area contributed by atoms with E-state index in [2.05, 4.69) is 0 Å². The van der Waals surface area contributed by atoms with Crippen molar-refractivity contribution in [2.24, 2.45) is 0 Å². The molecule has 0 N–H and O–H groups in total. The maximum Gasteiger partial charge on any atom is 0.261 e. The molecular formula is C23H26FN3O3. The molecular weight excluding hydrogens is 385 g/mol. The zero-order chi connectivity index (χ0) is 21.7. The van der Waals surface area contributed by atoms with E-state index in [4.69, 9.17) is 9.72 Å². The van der Waals surface area contributed by atoms with Crippen molar-refractivity contribution < 1.29 is 13.9 Å². The molecule has 3 rings (SSSR count). The van der Waals surface area contributed by atoms with Gasteiger partial charge in [0, 0.05) is 13.7 Å². The predicted molar refractivity (Wildman–Crippen MR) is 114 cm³/mol. The first kappa shape index (κ1) is 21.6. The molecule has 7 heteroatoms. The number of rotatable bonds is 8. The Hall–Kier alpha value is -3.06. The summed E-state index contributed by atoms with van der Waals surface area (Å²) < 4.78 is 21.0. The van der Waals surface area contributed by atoms with Crippen molar-refractivity contribution in [1.82, 2.24) is 14.5 Å². The minimum atomic E-state index is -0.570. The summed E-state index contributed by atoms with van der Waals surface area (Å²) in [4.78, 5) is 32.7. The predicted octanol–water partition coefficient (Wildman–Crippen LogP) is 3.80. The number of methoxy groups -OCH3 is 1. The summed E-state index contributed by atoms with van der Waals surface area (Å²) in [6.07, 6.45) is 0.520. The van der Waals surface area contributed by atoms with Crippen LogP contribution < -0.4 is 5.56 Å². The molecule has 1 heterocycles. The second kappa shape index (κ2) is 9.63. The number of nitrogens with zero attached hydrogens (tertiary/aromatic N) is 3. The topological polar surface area (TPSA) is 64.4 Å². The van der Waals surface area contributed by atoms with Crippen molar-refractivity contribution in [1.29, 1.82) is 0 Å². The number of benzene rings is 2. The zero-order valence-corrected chi connectivity index (χ0v) is 17.5. The van der Waals surface area contributed by atoms with E-state index >= 15 is 0 Å². The Kier molecular flexibility index (Phi) is 6.95. The SMILES string of the molecule is CCC(c1nc2ccccc2c(=O)n1CCOC)N(CC)C(=O)c1ccccc1F. The lowest BCUT2D eigenvalue weighted by Crippen LogP contribution is -2.39. The molecule has 30 heavy (non-hydrogen) atoms. The standard InChI is InChI=1S/C23H26FN3O3/c1-4-20(26(5-2)22(28)16-10-6-8-12-18(16)24)21-25-19-13-9-7-11-17(19)23(29)27(21)14-15-30-3/h6-13,20H,4-5,14-15H2,1-3H3. The summed E-state index contributed by atoms with van der Waals surface area (Å²) in [5.41, 5.74) is 0.392. The van der Waals surface area contributed by atoms with Gasteiger partial charge >= 0.3 is 0 Å². The fraction of sp³-hybridized carbons (Fsp3) is 0.348. The molecule has 6 nitrogen and oxygen atoms in total. The Labute approximate surface area is 174 Å². The summed E-state index contributed by atoms with van der Waals surface area (Å²) in [6.45, 7) is 4.74. The van der Waals surface area contributed by atoms with Crippen LogP contribution in [0.5, 0.6) is 0 Å². The Morgan fingerprint density at radius 1 is 1.17 bits per heavy atom. The first-order valence-electron chi connectivity index (χ1n) is 10.1. The number of para-hydroxylation sites is 1. The highest BCUT2D eigenvalue weighted by Gasteiger charge is 2.29. The molecule has 0 fully saturated rings. The van der Waals surface area contributed by atoms with Crippen LogP contribution in [0, 0.1) is 5.82 Å². The molecule has 1 atom stereocenters. The second-order valence-electron chi connectivity index (χ2n) is 6.93. The number of halogens is 1. The first-order valence-corrected chi connectivity index (χ1v) is 10.1. The van der Waals surface area contributed by atoms with Crippen LogP contribution in [0.25, 0.3) is 10.9 Å². The summed E-state index contributed by atoms with van der Waals surface area (Å²) in [5.74, 6) is -0.521. The van der Waals surface area contributed by atoms with Crippen molar-refractivity contribution in [3.8, 4) is 0 Å². The highest BCUT2D eigenvalue weighted by Crippen LogP contribution is 2.26. The normalized spacial score (nSPS) is 12.1. The van der Waals surface area contributed by atoms with Crippen molar-refractivity contribution in [2.75, 3.05) is 20.3 Å². The fourth-order valence-electron chi connectivity index (χ4n) is 3.68. The molecule has 1 unspecified atom stereocenters. The summed E-state index contributed by atoms with van der Waals surface area (Å²) in [5, 5.41) is 0.510. The van der Waals surface area contributed by atoms with Crippen LogP contribution in [0.3, 0.4) is 0 Å². The summed E-state index contributed by atoms with van der Waals surface area (Å²) in [6, 6.07) is 12.6. The van der Waals surface area contributed by atoms with Gasteiger partial charge in [-0.25, -0.2) is 9.37 Å². The quantitative estimate of drug-likeness (QED) is 0.566. The van der Waals surface area contributed by atoms with Gasteiger partial charge in [0.05, 0.1) is 35.7 Å². The lowest BCUT2D eigenvalue weighted by molar-refractivity contribution is 0.0662. The zero-order valence-electron chi connectivity index (χ0n) is 17.5. The van der Waals surface area contributed by atoms with Crippen LogP contribution in [0.1, 0.15) is 42.5 Å². The van der Waals surface area contributed by atoms with Crippen LogP contribution in [-0.2, 0) is 11.3 Å². The van der Waals surface area contributed by atoms with E-state index in [1.165, 1.54) is 12.1 Å². The number of aromatic nitrogens is 2. The highest BCUT2D eigenvalue weighted by molar-refractivity contribution is 5.94. The third-order valence-corrected chi connectivity index (χ3v) is 5.18. The van der Waals surface area contributed by atoms with E-state index < -0.39 is 17.8 Å². The number of hydrogen-bond donors (Lipinski definition) is 0. The van der Waals surface area contributed by atoms with E-state index in [1.807, 2.05) is 19.9 Å². The molecule has 0 aliphatic carbocycles. The molecule has 1 aromatic heterocycles. The first-order chi connectivity index (χ1) is 14.5. The Morgan fingerprint density at radius 2 is 1.87 bits per heavy atom. The van der Waals surface area contributed by atoms with Crippen LogP contribution >= 0.6 is 0 Å². The highest BCUT2D eigenvalue weighted by atomic mass is 19.1. The molecule has 0 saturated carbocycles. The van der Waals surface area contributed by atoms with Gasteiger partial charge in [-0.2, -0.15) is 0 Å². The van der Waals surface area contributed by atoms with E-state index in [9.17, 15) is 14.0 Å². The van der Waals surface area contributed by atoms with Crippen LogP contribution in [-0.4, -0.2) is 40.6 Å². The Balaban J connectivity index is 2.15. The van der Waals surface area contributed by atoms with Crippen LogP contribution in [0.2, 0.25) is 0 Å². The second-order valence-corrected chi connectivity index (χ2v) is 6.93. The van der Waals surface area contributed by atoms with Gasteiger partial charge < -0.3 is 9.64 Å². The number of amides is 1. The summed E-state index contributed by atoms with van der Waals surface area (Å²) >= 11 is 0. The largest absolute Gasteiger partial charge is 0.383 e. The minimum absolute atomic E-state index is 0.00405. The lowest BCUT2D eigenvalue weighted by atomic mass is 10.1. The van der Waals surface area contributed by atoms with Crippen molar-refractivity contribution in [2.45, 2.75) is 32.9 Å².